The molecule has 4 nitrogen and oxygen atoms in total. The van der Waals surface area contributed by atoms with E-state index in [1.807, 2.05) is 26.0 Å². The molecule has 1 aromatic carbocycles. The minimum Gasteiger partial charge on any atom is -0.438 e. The van der Waals surface area contributed by atoms with Crippen LogP contribution in [0.3, 0.4) is 0 Å². The number of halogens is 1. The van der Waals surface area contributed by atoms with Crippen molar-refractivity contribution in [2.24, 2.45) is 0 Å². The molecule has 18 heavy (non-hydrogen) atoms. The van der Waals surface area contributed by atoms with Gasteiger partial charge in [-0.2, -0.15) is 4.98 Å². The molecule has 0 fully saturated rings. The zero-order chi connectivity index (χ0) is 13.1. The average Bonchev–Trinajstić information content (AvgIpc) is 2.36. The molecule has 2 rings (SSSR count). The molecule has 2 aromatic rings. The second-order valence-electron chi connectivity index (χ2n) is 3.94. The molecule has 0 aliphatic carbocycles. The van der Waals surface area contributed by atoms with Crippen LogP contribution in [0.1, 0.15) is 11.1 Å². The summed E-state index contributed by atoms with van der Waals surface area (Å²) in [5.74, 6) is 1.75. The number of aryl methyl sites for hydroxylation is 2. The molecule has 1 aromatic heterocycles. The predicted octanol–water partition coefficient (Wildman–Crippen LogP) is 3.58. The first-order valence-electron chi connectivity index (χ1n) is 5.55. The van der Waals surface area contributed by atoms with E-state index in [9.17, 15) is 0 Å². The van der Waals surface area contributed by atoms with Crippen LogP contribution in [-0.4, -0.2) is 17.0 Å². The Kier molecular flexibility index (Phi) is 3.67. The normalized spacial score (nSPS) is 10.2. The van der Waals surface area contributed by atoms with Crippen molar-refractivity contribution in [1.82, 2.24) is 9.97 Å². The number of ether oxygens (including phenoxy) is 1. The van der Waals surface area contributed by atoms with Crippen molar-refractivity contribution in [3.63, 3.8) is 0 Å². The van der Waals surface area contributed by atoms with Gasteiger partial charge in [-0.25, -0.2) is 4.98 Å². The van der Waals surface area contributed by atoms with Crippen molar-refractivity contribution in [1.29, 1.82) is 0 Å². The Bertz CT molecular complexity index is 572. The van der Waals surface area contributed by atoms with E-state index in [4.69, 9.17) is 16.3 Å². The minimum absolute atomic E-state index is 0.523. The number of nitrogens with one attached hydrogen (secondary N) is 1. The summed E-state index contributed by atoms with van der Waals surface area (Å²) in [5, 5.41) is 3.51. The first-order chi connectivity index (χ1) is 8.60. The number of benzene rings is 1. The highest BCUT2D eigenvalue weighted by molar-refractivity contribution is 6.30. The number of aromatic nitrogens is 2. The Morgan fingerprint density at radius 1 is 1.22 bits per heavy atom. The van der Waals surface area contributed by atoms with Crippen LogP contribution >= 0.6 is 11.6 Å². The molecular weight excluding hydrogens is 250 g/mol. The standard InChI is InChI=1S/C13H14ClN3O/c1-8-4-5-10(14)6-11(8)18-12-9(2)7-16-13(15-3)17-12/h4-7H,1-3H3,(H,15,16,17). The van der Waals surface area contributed by atoms with Crippen LogP contribution < -0.4 is 10.1 Å². The van der Waals surface area contributed by atoms with Gasteiger partial charge in [0, 0.05) is 23.8 Å². The van der Waals surface area contributed by atoms with Crippen molar-refractivity contribution in [2.45, 2.75) is 13.8 Å². The molecule has 0 atom stereocenters. The molecule has 0 spiro atoms. The van der Waals surface area contributed by atoms with E-state index < -0.39 is 0 Å². The van der Waals surface area contributed by atoms with Gasteiger partial charge >= 0.3 is 0 Å². The fourth-order valence-corrected chi connectivity index (χ4v) is 1.60. The Morgan fingerprint density at radius 2 is 2.00 bits per heavy atom. The van der Waals surface area contributed by atoms with Gasteiger partial charge in [-0.15, -0.1) is 0 Å². The Morgan fingerprint density at radius 3 is 2.72 bits per heavy atom. The lowest BCUT2D eigenvalue weighted by Gasteiger charge is -2.11. The maximum atomic E-state index is 5.96. The van der Waals surface area contributed by atoms with Crippen LogP contribution in [0.25, 0.3) is 0 Å². The lowest BCUT2D eigenvalue weighted by molar-refractivity contribution is 0.455. The summed E-state index contributed by atoms with van der Waals surface area (Å²) < 4.78 is 5.79. The molecule has 1 N–H and O–H groups in total. The van der Waals surface area contributed by atoms with Crippen molar-refractivity contribution in [3.05, 3.63) is 40.5 Å². The van der Waals surface area contributed by atoms with Crippen LogP contribution in [0.5, 0.6) is 11.6 Å². The van der Waals surface area contributed by atoms with E-state index >= 15 is 0 Å². The third-order valence-electron chi connectivity index (χ3n) is 2.51. The van der Waals surface area contributed by atoms with E-state index in [0.29, 0.717) is 22.6 Å². The van der Waals surface area contributed by atoms with Gasteiger partial charge in [0.05, 0.1) is 0 Å². The second kappa shape index (κ2) is 5.23. The highest BCUT2D eigenvalue weighted by Gasteiger charge is 2.08. The number of anilines is 1. The Hall–Kier alpha value is -1.81. The molecule has 5 heteroatoms. The fourth-order valence-electron chi connectivity index (χ4n) is 1.44. The van der Waals surface area contributed by atoms with Gasteiger partial charge in [0.15, 0.2) is 0 Å². The summed E-state index contributed by atoms with van der Waals surface area (Å²) in [5.41, 5.74) is 1.87. The lowest BCUT2D eigenvalue weighted by Crippen LogP contribution is -2.00. The Balaban J connectivity index is 2.36. The predicted molar refractivity (Wildman–Crippen MR) is 72.6 cm³/mol. The molecule has 0 amide bonds. The van der Waals surface area contributed by atoms with E-state index in [2.05, 4.69) is 15.3 Å². The fraction of sp³-hybridized carbons (Fsp3) is 0.231. The highest BCUT2D eigenvalue weighted by atomic mass is 35.5. The summed E-state index contributed by atoms with van der Waals surface area (Å²) in [6, 6.07) is 5.51. The molecule has 0 unspecified atom stereocenters. The molecule has 1 heterocycles. The van der Waals surface area contributed by atoms with E-state index in [1.54, 1.807) is 19.3 Å². The van der Waals surface area contributed by atoms with Crippen LogP contribution in [0.15, 0.2) is 24.4 Å². The summed E-state index contributed by atoms with van der Waals surface area (Å²) in [7, 11) is 1.76. The number of hydrogen-bond donors (Lipinski definition) is 1. The van der Waals surface area contributed by atoms with Crippen molar-refractivity contribution < 1.29 is 4.74 Å². The molecule has 0 saturated carbocycles. The molecular formula is C13H14ClN3O. The van der Waals surface area contributed by atoms with Crippen molar-refractivity contribution in [2.75, 3.05) is 12.4 Å². The summed E-state index contributed by atoms with van der Waals surface area (Å²) >= 11 is 5.96. The van der Waals surface area contributed by atoms with Gasteiger partial charge in [-0.3, -0.25) is 0 Å². The summed E-state index contributed by atoms with van der Waals surface area (Å²) in [6.07, 6.45) is 1.72. The van der Waals surface area contributed by atoms with Gasteiger partial charge < -0.3 is 10.1 Å². The van der Waals surface area contributed by atoms with E-state index in [-0.39, 0.29) is 0 Å². The van der Waals surface area contributed by atoms with E-state index in [0.717, 1.165) is 11.1 Å². The van der Waals surface area contributed by atoms with Gasteiger partial charge in [-0.1, -0.05) is 17.7 Å². The zero-order valence-electron chi connectivity index (χ0n) is 10.5. The first-order valence-corrected chi connectivity index (χ1v) is 5.93. The molecule has 0 radical (unpaired) electrons. The van der Waals surface area contributed by atoms with Gasteiger partial charge in [0.2, 0.25) is 11.8 Å². The average molecular weight is 264 g/mol. The van der Waals surface area contributed by atoms with Crippen LogP contribution in [0, 0.1) is 13.8 Å². The van der Waals surface area contributed by atoms with Crippen LogP contribution in [0.4, 0.5) is 5.95 Å². The third kappa shape index (κ3) is 2.71. The SMILES string of the molecule is CNc1ncc(C)c(Oc2cc(Cl)ccc2C)n1. The monoisotopic (exact) mass is 263 g/mol. The van der Waals surface area contributed by atoms with Crippen LogP contribution in [-0.2, 0) is 0 Å². The topological polar surface area (TPSA) is 47.0 Å². The van der Waals surface area contributed by atoms with Crippen LogP contribution in [0.2, 0.25) is 5.02 Å². The zero-order valence-corrected chi connectivity index (χ0v) is 11.2. The molecule has 0 aliphatic heterocycles. The van der Waals surface area contributed by atoms with E-state index in [1.165, 1.54) is 0 Å². The Labute approximate surface area is 111 Å². The summed E-state index contributed by atoms with van der Waals surface area (Å²) in [4.78, 5) is 8.38. The maximum Gasteiger partial charge on any atom is 0.226 e. The highest BCUT2D eigenvalue weighted by Crippen LogP contribution is 2.28. The third-order valence-corrected chi connectivity index (χ3v) is 2.74. The number of hydrogen-bond acceptors (Lipinski definition) is 4. The smallest absolute Gasteiger partial charge is 0.226 e. The largest absolute Gasteiger partial charge is 0.438 e. The minimum atomic E-state index is 0.523. The van der Waals surface area contributed by atoms with Gasteiger partial charge in [0.25, 0.3) is 0 Å². The first kappa shape index (κ1) is 12.6. The molecule has 0 aliphatic rings. The maximum absolute atomic E-state index is 5.96. The van der Waals surface area contributed by atoms with Crippen molar-refractivity contribution >= 4 is 17.5 Å². The molecule has 94 valence electrons. The molecule has 0 saturated heterocycles. The number of nitrogens with zero attached hydrogens (tertiary/aromatic N) is 2. The van der Waals surface area contributed by atoms with Gasteiger partial charge in [-0.05, 0) is 31.5 Å². The van der Waals surface area contributed by atoms with Crippen molar-refractivity contribution in [3.8, 4) is 11.6 Å². The summed E-state index contributed by atoms with van der Waals surface area (Å²) in [6.45, 7) is 3.86. The van der Waals surface area contributed by atoms with Gasteiger partial charge in [0.1, 0.15) is 5.75 Å². The number of rotatable bonds is 3. The second-order valence-corrected chi connectivity index (χ2v) is 4.38. The lowest BCUT2D eigenvalue weighted by atomic mass is 10.2. The quantitative estimate of drug-likeness (QED) is 0.919. The molecule has 0 bridgehead atoms.